The van der Waals surface area contributed by atoms with Gasteiger partial charge in [0.1, 0.15) is 0 Å². The predicted octanol–water partition coefficient (Wildman–Crippen LogP) is 3.44. The van der Waals surface area contributed by atoms with E-state index >= 15 is 0 Å². The van der Waals surface area contributed by atoms with Gasteiger partial charge in [-0.2, -0.15) is 0 Å². The highest BCUT2D eigenvalue weighted by atomic mass is 35.5. The van der Waals surface area contributed by atoms with E-state index in [1.165, 1.54) is 0 Å². The van der Waals surface area contributed by atoms with Gasteiger partial charge in [-0.1, -0.05) is 37.0 Å². The van der Waals surface area contributed by atoms with Crippen LogP contribution in [0, 0.1) is 5.92 Å². The summed E-state index contributed by atoms with van der Waals surface area (Å²) in [4.78, 5) is 0. The van der Waals surface area contributed by atoms with Gasteiger partial charge in [0.25, 0.3) is 0 Å². The molecular formula is C13H19Cl2NO2. The molecule has 0 aliphatic rings. The SMILES string of the molecule is CC(C)COCC(O)CNc1cc(Cl)ccc1Cl. The van der Waals surface area contributed by atoms with Crippen LogP contribution in [0.3, 0.4) is 0 Å². The first-order valence-electron chi connectivity index (χ1n) is 5.93. The van der Waals surface area contributed by atoms with Gasteiger partial charge in [0.05, 0.1) is 23.4 Å². The molecule has 1 rings (SSSR count). The van der Waals surface area contributed by atoms with E-state index in [1.807, 2.05) is 0 Å². The van der Waals surface area contributed by atoms with Crippen LogP contribution in [0.25, 0.3) is 0 Å². The third-order valence-electron chi connectivity index (χ3n) is 2.22. The van der Waals surface area contributed by atoms with Crippen molar-refractivity contribution >= 4 is 28.9 Å². The molecule has 1 unspecified atom stereocenters. The molecule has 0 aromatic heterocycles. The van der Waals surface area contributed by atoms with Gasteiger partial charge < -0.3 is 15.2 Å². The standard InChI is InChI=1S/C13H19Cl2NO2/c1-9(2)7-18-8-11(17)6-16-13-5-10(14)3-4-12(13)15/h3-5,9,11,16-17H,6-8H2,1-2H3. The van der Waals surface area contributed by atoms with Gasteiger partial charge >= 0.3 is 0 Å². The zero-order chi connectivity index (χ0) is 13.5. The van der Waals surface area contributed by atoms with Crippen molar-refractivity contribution in [1.29, 1.82) is 0 Å². The molecule has 5 heteroatoms. The van der Waals surface area contributed by atoms with E-state index in [1.54, 1.807) is 18.2 Å². The number of hydrogen-bond acceptors (Lipinski definition) is 3. The lowest BCUT2D eigenvalue weighted by molar-refractivity contribution is 0.0318. The van der Waals surface area contributed by atoms with Crippen molar-refractivity contribution in [1.82, 2.24) is 0 Å². The first-order chi connectivity index (χ1) is 8.49. The molecule has 2 N–H and O–H groups in total. The molecule has 0 amide bonds. The van der Waals surface area contributed by atoms with Crippen molar-refractivity contribution in [3.05, 3.63) is 28.2 Å². The van der Waals surface area contributed by atoms with Gasteiger partial charge in [-0.25, -0.2) is 0 Å². The Labute approximate surface area is 118 Å². The van der Waals surface area contributed by atoms with Crippen LogP contribution in [0.2, 0.25) is 10.0 Å². The minimum atomic E-state index is -0.571. The summed E-state index contributed by atoms with van der Waals surface area (Å²) in [6.45, 7) is 5.46. The van der Waals surface area contributed by atoms with E-state index in [9.17, 15) is 5.11 Å². The molecule has 0 saturated heterocycles. The van der Waals surface area contributed by atoms with Gasteiger partial charge in [0, 0.05) is 18.2 Å². The van der Waals surface area contributed by atoms with Crippen LogP contribution in [0.15, 0.2) is 18.2 Å². The Balaban J connectivity index is 2.33. The Morgan fingerprint density at radius 2 is 2.00 bits per heavy atom. The molecule has 0 radical (unpaired) electrons. The van der Waals surface area contributed by atoms with Crippen molar-refractivity contribution in [3.8, 4) is 0 Å². The maximum Gasteiger partial charge on any atom is 0.0945 e. The summed E-state index contributed by atoms with van der Waals surface area (Å²) in [6, 6.07) is 5.16. The molecule has 0 heterocycles. The van der Waals surface area contributed by atoms with Crippen molar-refractivity contribution in [2.75, 3.05) is 25.1 Å². The lowest BCUT2D eigenvalue weighted by Crippen LogP contribution is -2.25. The number of aliphatic hydroxyl groups excluding tert-OH is 1. The summed E-state index contributed by atoms with van der Waals surface area (Å²) < 4.78 is 5.35. The Morgan fingerprint density at radius 1 is 1.28 bits per heavy atom. The molecule has 1 aromatic carbocycles. The Morgan fingerprint density at radius 3 is 2.67 bits per heavy atom. The van der Waals surface area contributed by atoms with Crippen LogP contribution in [0.1, 0.15) is 13.8 Å². The summed E-state index contributed by atoms with van der Waals surface area (Å²) >= 11 is 11.9. The fraction of sp³-hybridized carbons (Fsp3) is 0.538. The number of rotatable bonds is 7. The Bertz CT molecular complexity index is 372. The molecule has 102 valence electrons. The number of ether oxygens (including phenoxy) is 1. The molecule has 0 aliphatic carbocycles. The average Bonchev–Trinajstić information content (AvgIpc) is 2.30. The minimum absolute atomic E-state index is 0.309. The van der Waals surface area contributed by atoms with E-state index in [2.05, 4.69) is 19.2 Å². The van der Waals surface area contributed by atoms with Gasteiger partial charge in [-0.05, 0) is 24.1 Å². The second-order valence-corrected chi connectivity index (χ2v) is 5.43. The van der Waals surface area contributed by atoms with E-state index < -0.39 is 6.10 Å². The number of hydrogen-bond donors (Lipinski definition) is 2. The highest BCUT2D eigenvalue weighted by Gasteiger charge is 2.07. The maximum absolute atomic E-state index is 9.72. The van der Waals surface area contributed by atoms with Gasteiger partial charge in [-0.3, -0.25) is 0 Å². The third kappa shape index (κ3) is 5.91. The van der Waals surface area contributed by atoms with Crippen molar-refractivity contribution in [2.45, 2.75) is 20.0 Å². The Hall–Kier alpha value is -0.480. The molecule has 18 heavy (non-hydrogen) atoms. The zero-order valence-electron chi connectivity index (χ0n) is 10.6. The molecule has 0 saturated carbocycles. The van der Waals surface area contributed by atoms with E-state index in [4.69, 9.17) is 27.9 Å². The molecule has 3 nitrogen and oxygen atoms in total. The number of nitrogens with one attached hydrogen (secondary N) is 1. The van der Waals surface area contributed by atoms with Crippen LogP contribution < -0.4 is 5.32 Å². The predicted molar refractivity (Wildman–Crippen MR) is 76.6 cm³/mol. The van der Waals surface area contributed by atoms with Crippen molar-refractivity contribution in [2.24, 2.45) is 5.92 Å². The van der Waals surface area contributed by atoms with Crippen molar-refractivity contribution in [3.63, 3.8) is 0 Å². The first kappa shape index (κ1) is 15.6. The van der Waals surface area contributed by atoms with Gasteiger partial charge in [-0.15, -0.1) is 0 Å². The van der Waals surface area contributed by atoms with Crippen molar-refractivity contribution < 1.29 is 9.84 Å². The Kier molecular flexibility index (Phi) is 6.79. The third-order valence-corrected chi connectivity index (χ3v) is 2.78. The molecule has 0 spiro atoms. The molecule has 0 aliphatic heterocycles. The van der Waals surface area contributed by atoms with E-state index in [-0.39, 0.29) is 0 Å². The van der Waals surface area contributed by atoms with Crippen LogP contribution in [0.5, 0.6) is 0 Å². The van der Waals surface area contributed by atoms with E-state index in [0.717, 1.165) is 0 Å². The summed E-state index contributed by atoms with van der Waals surface area (Å²) in [7, 11) is 0. The normalized spacial score (nSPS) is 12.8. The molecule has 0 bridgehead atoms. The van der Waals surface area contributed by atoms with Crippen LogP contribution >= 0.6 is 23.2 Å². The largest absolute Gasteiger partial charge is 0.389 e. The lowest BCUT2D eigenvalue weighted by atomic mass is 10.2. The fourth-order valence-electron chi connectivity index (χ4n) is 1.36. The number of aliphatic hydroxyl groups is 1. The zero-order valence-corrected chi connectivity index (χ0v) is 12.1. The smallest absolute Gasteiger partial charge is 0.0945 e. The molecule has 1 aromatic rings. The van der Waals surface area contributed by atoms with Crippen LogP contribution in [0.4, 0.5) is 5.69 Å². The number of benzene rings is 1. The first-order valence-corrected chi connectivity index (χ1v) is 6.69. The number of anilines is 1. The highest BCUT2D eigenvalue weighted by molar-refractivity contribution is 6.35. The van der Waals surface area contributed by atoms with Gasteiger partial charge in [0.15, 0.2) is 0 Å². The maximum atomic E-state index is 9.72. The molecule has 0 fully saturated rings. The molecular weight excluding hydrogens is 273 g/mol. The summed E-state index contributed by atoms with van der Waals surface area (Å²) in [5.74, 6) is 0.465. The minimum Gasteiger partial charge on any atom is -0.389 e. The van der Waals surface area contributed by atoms with E-state index in [0.29, 0.717) is 41.4 Å². The fourth-order valence-corrected chi connectivity index (χ4v) is 1.72. The van der Waals surface area contributed by atoms with Gasteiger partial charge in [0.2, 0.25) is 0 Å². The average molecular weight is 292 g/mol. The summed E-state index contributed by atoms with van der Waals surface area (Å²) in [5.41, 5.74) is 0.715. The topological polar surface area (TPSA) is 41.5 Å². The monoisotopic (exact) mass is 291 g/mol. The quantitative estimate of drug-likeness (QED) is 0.809. The highest BCUT2D eigenvalue weighted by Crippen LogP contribution is 2.25. The van der Waals surface area contributed by atoms with Crippen LogP contribution in [-0.4, -0.2) is 31.0 Å². The molecule has 1 atom stereocenters. The summed E-state index contributed by atoms with van der Waals surface area (Å²) in [6.07, 6.45) is -0.571. The number of halogens is 2. The summed E-state index contributed by atoms with van der Waals surface area (Å²) in [5, 5.41) is 13.9. The second-order valence-electron chi connectivity index (χ2n) is 4.59. The second kappa shape index (κ2) is 7.85. The lowest BCUT2D eigenvalue weighted by Gasteiger charge is -2.15. The van der Waals surface area contributed by atoms with Crippen LogP contribution in [-0.2, 0) is 4.74 Å².